The molecule has 0 amide bonds. The summed E-state index contributed by atoms with van der Waals surface area (Å²) in [5.41, 5.74) is 11.1. The first-order chi connectivity index (χ1) is 9.99. The van der Waals surface area contributed by atoms with Gasteiger partial charge in [0.05, 0.1) is 6.61 Å². The smallest absolute Gasteiger partial charge is 0.351 e. The molecule has 0 aromatic carbocycles. The molecule has 1 aliphatic rings. The Kier molecular flexibility index (Phi) is 4.09. The Morgan fingerprint density at radius 3 is 2.95 bits per heavy atom. The lowest BCUT2D eigenvalue weighted by Gasteiger charge is -2.26. The molecule has 10 nitrogen and oxygen atoms in total. The maximum absolute atomic E-state index is 13.2. The van der Waals surface area contributed by atoms with Gasteiger partial charge in [0.1, 0.15) is 30.2 Å². The van der Waals surface area contributed by atoms with Crippen molar-refractivity contribution in [2.75, 3.05) is 19.0 Å². The van der Waals surface area contributed by atoms with Gasteiger partial charge in [0, 0.05) is 11.1 Å². The van der Waals surface area contributed by atoms with Crippen LogP contribution in [-0.2, 0) is 4.74 Å². The normalized spacial score (nSPS) is 31.9. The predicted molar refractivity (Wildman–Crippen MR) is 67.8 cm³/mol. The topological polar surface area (TPSA) is 159 Å². The van der Waals surface area contributed by atoms with Crippen LogP contribution in [0.5, 0.6) is 0 Å². The van der Waals surface area contributed by atoms with Crippen LogP contribution in [-0.4, -0.2) is 50.8 Å². The van der Waals surface area contributed by atoms with E-state index in [0.29, 0.717) is 0 Å². The molecule has 1 fully saturated rings. The highest BCUT2D eigenvalue weighted by molar-refractivity contribution is 5.23. The second-order valence-corrected chi connectivity index (χ2v) is 4.55. The fourth-order valence-electron chi connectivity index (χ4n) is 2.15. The first kappa shape index (κ1) is 15.2. The van der Waals surface area contributed by atoms with Gasteiger partial charge in [0.15, 0.2) is 6.23 Å². The maximum Gasteiger partial charge on any atom is 0.351 e. The highest BCUT2D eigenvalue weighted by atomic mass is 19.1. The summed E-state index contributed by atoms with van der Waals surface area (Å²) >= 11 is 0. The van der Waals surface area contributed by atoms with Crippen molar-refractivity contribution in [3.05, 3.63) is 33.2 Å². The number of rotatable bonds is 4. The van der Waals surface area contributed by atoms with Gasteiger partial charge in [-0.3, -0.25) is 4.57 Å². The molecule has 2 rings (SSSR count). The third-order valence-electron chi connectivity index (χ3n) is 3.31. The molecular weight excluding hydrogens is 287 g/mol. The van der Waals surface area contributed by atoms with Gasteiger partial charge < -0.3 is 20.7 Å². The van der Waals surface area contributed by atoms with E-state index in [1.807, 2.05) is 0 Å². The number of ether oxygens (including phenoxy) is 1. The van der Waals surface area contributed by atoms with E-state index < -0.39 is 42.9 Å². The second kappa shape index (κ2) is 5.66. The van der Waals surface area contributed by atoms with E-state index in [-0.39, 0.29) is 5.82 Å². The zero-order chi connectivity index (χ0) is 15.6. The number of halogens is 1. The molecule has 4 atom stereocenters. The van der Waals surface area contributed by atoms with E-state index >= 15 is 0 Å². The summed E-state index contributed by atoms with van der Waals surface area (Å²) in [6.07, 6.45) is -1.72. The SMILES string of the molecule is [N-]=[N+]=N[C@@H]1[C@H](n2ccc(N)nc2=O)O[C@@](CO)(CF)[C@H]1O. The Hall–Kier alpha value is -2.20. The number of azide groups is 1. The van der Waals surface area contributed by atoms with Gasteiger partial charge in [-0.15, -0.1) is 0 Å². The molecule has 1 aromatic rings. The van der Waals surface area contributed by atoms with Crippen molar-refractivity contribution < 1.29 is 19.3 Å². The van der Waals surface area contributed by atoms with Crippen LogP contribution >= 0.6 is 0 Å². The van der Waals surface area contributed by atoms with Gasteiger partial charge in [-0.25, -0.2) is 9.18 Å². The fraction of sp³-hybridized carbons (Fsp3) is 0.600. The number of aliphatic hydroxyl groups excluding tert-OH is 2. The van der Waals surface area contributed by atoms with Crippen molar-refractivity contribution in [1.29, 1.82) is 0 Å². The van der Waals surface area contributed by atoms with Crippen molar-refractivity contribution in [3.63, 3.8) is 0 Å². The fourth-order valence-corrected chi connectivity index (χ4v) is 2.15. The number of hydrogen-bond acceptors (Lipinski definition) is 7. The molecule has 0 spiro atoms. The van der Waals surface area contributed by atoms with Crippen LogP contribution in [0.25, 0.3) is 10.4 Å². The number of hydrogen-bond donors (Lipinski definition) is 3. The van der Waals surface area contributed by atoms with Gasteiger partial charge in [-0.2, -0.15) is 4.98 Å². The van der Waals surface area contributed by atoms with Crippen LogP contribution in [0.1, 0.15) is 6.23 Å². The van der Waals surface area contributed by atoms with Crippen LogP contribution in [0.3, 0.4) is 0 Å². The van der Waals surface area contributed by atoms with Crippen molar-refractivity contribution in [3.8, 4) is 0 Å². The lowest BCUT2D eigenvalue weighted by molar-refractivity contribution is -0.138. The van der Waals surface area contributed by atoms with Crippen LogP contribution in [0.15, 0.2) is 22.2 Å². The summed E-state index contributed by atoms with van der Waals surface area (Å²) in [7, 11) is 0. The highest BCUT2D eigenvalue weighted by Gasteiger charge is 2.55. The standard InChI is InChI=1S/C10H13FN6O4/c11-3-10(4-18)7(19)6(15-16-13)8(21-10)17-2-1-5(12)14-9(17)20/h1-2,6-8,18-19H,3-4H2,(H2,12,14,20)/t6-,7-,8+,10+/m0/s1. The van der Waals surface area contributed by atoms with Gasteiger partial charge in [0.2, 0.25) is 0 Å². The third kappa shape index (κ3) is 2.43. The quantitative estimate of drug-likeness (QED) is 0.371. The van der Waals surface area contributed by atoms with Gasteiger partial charge >= 0.3 is 5.69 Å². The molecule has 0 bridgehead atoms. The monoisotopic (exact) mass is 300 g/mol. The Balaban J connectivity index is 2.50. The van der Waals surface area contributed by atoms with Crippen molar-refractivity contribution in [2.24, 2.45) is 5.11 Å². The number of nitrogens with two attached hydrogens (primary N) is 1. The molecule has 21 heavy (non-hydrogen) atoms. The van der Waals surface area contributed by atoms with E-state index in [1.165, 1.54) is 12.3 Å². The molecule has 1 aromatic heterocycles. The number of nitrogen functional groups attached to an aromatic ring is 1. The second-order valence-electron chi connectivity index (χ2n) is 4.55. The lowest BCUT2D eigenvalue weighted by Crippen LogP contribution is -2.47. The predicted octanol–water partition coefficient (Wildman–Crippen LogP) is -0.905. The molecule has 11 heteroatoms. The van der Waals surface area contributed by atoms with E-state index in [9.17, 15) is 19.4 Å². The molecule has 0 radical (unpaired) electrons. The van der Waals surface area contributed by atoms with E-state index in [2.05, 4.69) is 15.0 Å². The van der Waals surface area contributed by atoms with Crippen molar-refractivity contribution in [2.45, 2.75) is 24.0 Å². The number of aromatic nitrogens is 2. The Morgan fingerprint density at radius 1 is 1.71 bits per heavy atom. The van der Waals surface area contributed by atoms with Gasteiger partial charge in [-0.1, -0.05) is 5.11 Å². The molecule has 2 heterocycles. The van der Waals surface area contributed by atoms with E-state index in [4.69, 9.17) is 16.0 Å². The first-order valence-corrected chi connectivity index (χ1v) is 5.90. The van der Waals surface area contributed by atoms with Crippen LogP contribution < -0.4 is 11.4 Å². The first-order valence-electron chi connectivity index (χ1n) is 5.90. The van der Waals surface area contributed by atoms with E-state index in [0.717, 1.165) is 4.57 Å². The van der Waals surface area contributed by atoms with Crippen molar-refractivity contribution in [1.82, 2.24) is 9.55 Å². The van der Waals surface area contributed by atoms with Crippen LogP contribution in [0.2, 0.25) is 0 Å². The van der Waals surface area contributed by atoms with Crippen molar-refractivity contribution >= 4 is 5.82 Å². The zero-order valence-electron chi connectivity index (χ0n) is 10.7. The molecule has 0 unspecified atom stereocenters. The molecule has 114 valence electrons. The number of nitrogens with zero attached hydrogens (tertiary/aromatic N) is 5. The van der Waals surface area contributed by atoms with Crippen LogP contribution in [0.4, 0.5) is 10.2 Å². The summed E-state index contributed by atoms with van der Waals surface area (Å²) in [6.45, 7) is -2.08. The largest absolute Gasteiger partial charge is 0.393 e. The average molecular weight is 300 g/mol. The summed E-state index contributed by atoms with van der Waals surface area (Å²) in [6, 6.07) is -0.0142. The van der Waals surface area contributed by atoms with Crippen LogP contribution in [0, 0.1) is 0 Å². The zero-order valence-corrected chi connectivity index (χ0v) is 10.7. The molecular formula is C10H13FN6O4. The Bertz CT molecular complexity index is 626. The summed E-state index contributed by atoms with van der Waals surface area (Å²) in [5, 5.41) is 22.7. The minimum absolute atomic E-state index is 0.0333. The highest BCUT2D eigenvalue weighted by Crippen LogP contribution is 2.38. The van der Waals surface area contributed by atoms with E-state index in [1.54, 1.807) is 0 Å². The number of aliphatic hydroxyl groups is 2. The summed E-state index contributed by atoms with van der Waals surface area (Å²) < 4.78 is 19.4. The lowest BCUT2D eigenvalue weighted by atomic mass is 9.96. The van der Waals surface area contributed by atoms with Gasteiger partial charge in [-0.05, 0) is 11.6 Å². The molecule has 0 aliphatic carbocycles. The average Bonchev–Trinajstić information content (AvgIpc) is 2.74. The minimum Gasteiger partial charge on any atom is -0.393 e. The molecule has 0 saturated carbocycles. The minimum atomic E-state index is -1.97. The Morgan fingerprint density at radius 2 is 2.43 bits per heavy atom. The third-order valence-corrected chi connectivity index (χ3v) is 3.31. The molecule has 4 N–H and O–H groups in total. The Labute approximate surface area is 117 Å². The maximum atomic E-state index is 13.2. The number of anilines is 1. The number of alkyl halides is 1. The van der Waals surface area contributed by atoms with Gasteiger partial charge in [0.25, 0.3) is 0 Å². The summed E-state index contributed by atoms with van der Waals surface area (Å²) in [5.74, 6) is -0.0333. The summed E-state index contributed by atoms with van der Waals surface area (Å²) in [4.78, 5) is 17.8. The molecule has 1 saturated heterocycles. The molecule has 1 aliphatic heterocycles.